The van der Waals surface area contributed by atoms with Crippen molar-refractivity contribution in [2.24, 2.45) is 0 Å². The van der Waals surface area contributed by atoms with Crippen LogP contribution in [0, 0.1) is 24.3 Å². The summed E-state index contributed by atoms with van der Waals surface area (Å²) in [5.74, 6) is 0. The molecular formula is C15H15I. The maximum atomic E-state index is 2.44. The Morgan fingerprint density at radius 3 is 2.19 bits per heavy atom. The van der Waals surface area contributed by atoms with Crippen molar-refractivity contribution in [1.29, 1.82) is 0 Å². The molecule has 0 saturated carbocycles. The number of rotatable bonds is 1. The number of benzene rings is 2. The first-order valence-corrected chi connectivity index (χ1v) is 6.50. The maximum Gasteiger partial charge on any atom is 0.0238 e. The summed E-state index contributed by atoms with van der Waals surface area (Å²) in [5.41, 5.74) is 6.73. The van der Waals surface area contributed by atoms with Crippen LogP contribution in [-0.2, 0) is 0 Å². The topological polar surface area (TPSA) is 0 Å². The van der Waals surface area contributed by atoms with Crippen LogP contribution in [0.25, 0.3) is 11.1 Å². The second-order valence-electron chi connectivity index (χ2n) is 4.26. The van der Waals surface area contributed by atoms with Crippen molar-refractivity contribution in [3.63, 3.8) is 0 Å². The van der Waals surface area contributed by atoms with Crippen molar-refractivity contribution in [3.8, 4) is 11.1 Å². The maximum absolute atomic E-state index is 2.44. The van der Waals surface area contributed by atoms with Gasteiger partial charge in [-0.05, 0) is 65.6 Å². The third kappa shape index (κ3) is 2.14. The molecule has 0 amide bonds. The molecule has 0 N–H and O–H groups in total. The first-order chi connectivity index (χ1) is 7.59. The molecule has 0 nitrogen and oxygen atoms in total. The van der Waals surface area contributed by atoms with E-state index in [1.165, 1.54) is 31.4 Å². The Kier molecular flexibility index (Phi) is 3.33. The van der Waals surface area contributed by atoms with Crippen molar-refractivity contribution in [2.75, 3.05) is 0 Å². The van der Waals surface area contributed by atoms with E-state index in [0.717, 1.165) is 0 Å². The smallest absolute Gasteiger partial charge is 0.0238 e. The molecule has 2 aromatic rings. The van der Waals surface area contributed by atoms with Gasteiger partial charge in [0.2, 0.25) is 0 Å². The summed E-state index contributed by atoms with van der Waals surface area (Å²) in [5, 5.41) is 0. The molecule has 1 heteroatoms. The Balaban J connectivity index is 2.69. The summed E-state index contributed by atoms with van der Waals surface area (Å²) in [6.07, 6.45) is 0. The fourth-order valence-electron chi connectivity index (χ4n) is 2.02. The zero-order valence-electron chi connectivity index (χ0n) is 9.84. The van der Waals surface area contributed by atoms with Gasteiger partial charge in [0.1, 0.15) is 0 Å². The minimum Gasteiger partial charge on any atom is -0.0620 e. The van der Waals surface area contributed by atoms with E-state index in [4.69, 9.17) is 0 Å². The molecule has 0 aromatic heterocycles. The van der Waals surface area contributed by atoms with Gasteiger partial charge in [0, 0.05) is 3.57 Å². The van der Waals surface area contributed by atoms with Crippen LogP contribution in [0.1, 0.15) is 16.7 Å². The molecule has 2 aromatic carbocycles. The van der Waals surface area contributed by atoms with E-state index in [2.05, 4.69) is 79.8 Å². The summed E-state index contributed by atoms with van der Waals surface area (Å²) >= 11 is 2.44. The zero-order valence-corrected chi connectivity index (χ0v) is 12.0. The van der Waals surface area contributed by atoms with E-state index in [9.17, 15) is 0 Å². The van der Waals surface area contributed by atoms with Crippen LogP contribution < -0.4 is 0 Å². The van der Waals surface area contributed by atoms with Crippen molar-refractivity contribution < 1.29 is 0 Å². The standard InChI is InChI=1S/C15H15I/c1-10-8-12(3)15(16)14(9-10)13-7-5-4-6-11(13)2/h4-9H,1-3H3. The summed E-state index contributed by atoms with van der Waals surface area (Å²) in [6.45, 7) is 6.50. The van der Waals surface area contributed by atoms with Gasteiger partial charge < -0.3 is 0 Å². The highest BCUT2D eigenvalue weighted by atomic mass is 127. The summed E-state index contributed by atoms with van der Waals surface area (Å²) in [7, 11) is 0. The number of hydrogen-bond acceptors (Lipinski definition) is 0. The Hall–Kier alpha value is -0.830. The van der Waals surface area contributed by atoms with Crippen LogP contribution in [0.15, 0.2) is 36.4 Å². The highest BCUT2D eigenvalue weighted by Gasteiger charge is 2.08. The van der Waals surface area contributed by atoms with Crippen molar-refractivity contribution in [3.05, 3.63) is 56.7 Å². The van der Waals surface area contributed by atoms with Gasteiger partial charge >= 0.3 is 0 Å². The third-order valence-electron chi connectivity index (χ3n) is 2.83. The SMILES string of the molecule is Cc1cc(C)c(I)c(-c2ccccc2C)c1. The minimum atomic E-state index is 1.33. The molecule has 0 aliphatic heterocycles. The van der Waals surface area contributed by atoms with E-state index in [1.54, 1.807) is 0 Å². The highest BCUT2D eigenvalue weighted by Crippen LogP contribution is 2.30. The Morgan fingerprint density at radius 1 is 0.812 bits per heavy atom. The molecule has 0 aliphatic rings. The van der Waals surface area contributed by atoms with Crippen LogP contribution in [0.4, 0.5) is 0 Å². The van der Waals surface area contributed by atoms with Gasteiger partial charge in [0.25, 0.3) is 0 Å². The molecular weight excluding hydrogens is 307 g/mol. The van der Waals surface area contributed by atoms with Crippen molar-refractivity contribution in [2.45, 2.75) is 20.8 Å². The lowest BCUT2D eigenvalue weighted by atomic mass is 9.97. The molecule has 0 unspecified atom stereocenters. The molecule has 0 aliphatic carbocycles. The van der Waals surface area contributed by atoms with Crippen molar-refractivity contribution in [1.82, 2.24) is 0 Å². The van der Waals surface area contributed by atoms with Gasteiger partial charge in [-0.1, -0.05) is 42.0 Å². The molecule has 0 radical (unpaired) electrons. The first-order valence-electron chi connectivity index (χ1n) is 5.42. The van der Waals surface area contributed by atoms with E-state index in [-0.39, 0.29) is 0 Å². The minimum absolute atomic E-state index is 1.33. The lowest BCUT2D eigenvalue weighted by Crippen LogP contribution is -1.91. The number of hydrogen-bond donors (Lipinski definition) is 0. The third-order valence-corrected chi connectivity index (χ3v) is 4.27. The van der Waals surface area contributed by atoms with E-state index >= 15 is 0 Å². The van der Waals surface area contributed by atoms with E-state index in [1.807, 2.05) is 0 Å². The van der Waals surface area contributed by atoms with Gasteiger partial charge in [-0.15, -0.1) is 0 Å². The van der Waals surface area contributed by atoms with E-state index < -0.39 is 0 Å². The molecule has 0 saturated heterocycles. The summed E-state index contributed by atoms with van der Waals surface area (Å²) in [6, 6.07) is 13.1. The average Bonchev–Trinajstić information content (AvgIpc) is 2.24. The normalized spacial score (nSPS) is 10.5. The van der Waals surface area contributed by atoms with Gasteiger partial charge in [0.15, 0.2) is 0 Å². The van der Waals surface area contributed by atoms with Crippen LogP contribution in [0.3, 0.4) is 0 Å². The number of halogens is 1. The van der Waals surface area contributed by atoms with Gasteiger partial charge in [0.05, 0.1) is 0 Å². The fourth-order valence-corrected chi connectivity index (χ4v) is 2.62. The monoisotopic (exact) mass is 322 g/mol. The lowest BCUT2D eigenvalue weighted by Gasteiger charge is -2.11. The number of aryl methyl sites for hydroxylation is 3. The molecule has 16 heavy (non-hydrogen) atoms. The summed E-state index contributed by atoms with van der Waals surface area (Å²) < 4.78 is 1.36. The Bertz CT molecular complexity index is 527. The average molecular weight is 322 g/mol. The molecule has 0 heterocycles. The van der Waals surface area contributed by atoms with Gasteiger partial charge in [-0.3, -0.25) is 0 Å². The highest BCUT2D eigenvalue weighted by molar-refractivity contribution is 14.1. The van der Waals surface area contributed by atoms with Crippen LogP contribution >= 0.6 is 22.6 Å². The molecule has 82 valence electrons. The molecule has 0 atom stereocenters. The molecule has 0 fully saturated rings. The van der Waals surface area contributed by atoms with Crippen LogP contribution in [0.2, 0.25) is 0 Å². The summed E-state index contributed by atoms with van der Waals surface area (Å²) in [4.78, 5) is 0. The quantitative estimate of drug-likeness (QED) is 0.656. The molecule has 2 rings (SSSR count). The lowest BCUT2D eigenvalue weighted by molar-refractivity contribution is 1.34. The van der Waals surface area contributed by atoms with Crippen molar-refractivity contribution >= 4 is 22.6 Å². The fraction of sp³-hybridized carbons (Fsp3) is 0.200. The van der Waals surface area contributed by atoms with Crippen LogP contribution in [0.5, 0.6) is 0 Å². The predicted octanol–water partition coefficient (Wildman–Crippen LogP) is 4.88. The Morgan fingerprint density at radius 2 is 1.50 bits per heavy atom. The first kappa shape index (κ1) is 11.6. The second kappa shape index (κ2) is 4.58. The zero-order chi connectivity index (χ0) is 11.7. The largest absolute Gasteiger partial charge is 0.0620 e. The Labute approximate surface area is 111 Å². The second-order valence-corrected chi connectivity index (χ2v) is 5.34. The molecule has 0 spiro atoms. The van der Waals surface area contributed by atoms with Gasteiger partial charge in [-0.25, -0.2) is 0 Å². The predicted molar refractivity (Wildman–Crippen MR) is 78.8 cm³/mol. The molecule has 0 bridgehead atoms. The van der Waals surface area contributed by atoms with E-state index in [0.29, 0.717) is 0 Å². The van der Waals surface area contributed by atoms with Gasteiger partial charge in [-0.2, -0.15) is 0 Å². The van der Waals surface area contributed by atoms with Crippen LogP contribution in [-0.4, -0.2) is 0 Å².